The summed E-state index contributed by atoms with van der Waals surface area (Å²) in [5, 5.41) is 0. The van der Waals surface area contributed by atoms with Gasteiger partial charge in [-0.3, -0.25) is 0 Å². The zero-order valence-corrected chi connectivity index (χ0v) is 31.9. The van der Waals surface area contributed by atoms with Crippen molar-refractivity contribution in [2.45, 2.75) is 132 Å². The van der Waals surface area contributed by atoms with Gasteiger partial charge in [-0.05, 0) is 121 Å². The Labute approximate surface area is 292 Å². The Morgan fingerprint density at radius 3 is 1.48 bits per heavy atom. The van der Waals surface area contributed by atoms with E-state index in [9.17, 15) is 0 Å². The standard InChI is InChI=1S/C23H31N.C23H29N/c2*1-15(2)20-14-13-19-12-11-18-9-7-8-10-21(18)24(17(5)6)23(19)22(20)16(3)4/h7-10,13-17H,11-12H2,1-6H3;7-17H,1-6H3. The zero-order valence-electron chi connectivity index (χ0n) is 31.9. The molecule has 0 amide bonds. The lowest BCUT2D eigenvalue weighted by molar-refractivity contribution is 0.749. The summed E-state index contributed by atoms with van der Waals surface area (Å²) < 4.78 is 0. The smallest absolute Gasteiger partial charge is 0.0524 e. The maximum absolute atomic E-state index is 2.60. The molecule has 0 radical (unpaired) electrons. The van der Waals surface area contributed by atoms with Gasteiger partial charge >= 0.3 is 0 Å². The van der Waals surface area contributed by atoms with E-state index >= 15 is 0 Å². The Balaban J connectivity index is 0.000000188. The quantitative estimate of drug-likeness (QED) is 0.207. The second-order valence-electron chi connectivity index (χ2n) is 15.6. The first kappa shape index (κ1) is 35.5. The van der Waals surface area contributed by atoms with Gasteiger partial charge in [0.25, 0.3) is 0 Å². The first-order valence-corrected chi connectivity index (χ1v) is 18.6. The van der Waals surface area contributed by atoms with E-state index in [-0.39, 0.29) is 0 Å². The molecule has 0 saturated carbocycles. The summed E-state index contributed by atoms with van der Waals surface area (Å²) in [6, 6.07) is 28.0. The van der Waals surface area contributed by atoms with E-state index in [1.54, 1.807) is 5.56 Å². The molecule has 0 fully saturated rings. The fraction of sp³-hybridized carbons (Fsp3) is 0.435. The van der Waals surface area contributed by atoms with Gasteiger partial charge in [0.2, 0.25) is 0 Å². The Bertz CT molecular complexity index is 1740. The minimum Gasteiger partial charge on any atom is -0.338 e. The number of benzene rings is 4. The van der Waals surface area contributed by atoms with Gasteiger partial charge in [-0.2, -0.15) is 0 Å². The summed E-state index contributed by atoms with van der Waals surface area (Å²) in [5.41, 5.74) is 17.2. The van der Waals surface area contributed by atoms with Gasteiger partial charge in [0.15, 0.2) is 0 Å². The Morgan fingerprint density at radius 1 is 0.417 bits per heavy atom. The average molecular weight is 641 g/mol. The molecule has 0 bridgehead atoms. The van der Waals surface area contributed by atoms with Crippen molar-refractivity contribution in [3.63, 3.8) is 0 Å². The van der Waals surface area contributed by atoms with Crippen LogP contribution in [0.5, 0.6) is 0 Å². The summed E-state index contributed by atoms with van der Waals surface area (Å²) in [7, 11) is 0. The first-order valence-electron chi connectivity index (χ1n) is 18.6. The molecule has 0 unspecified atom stereocenters. The fourth-order valence-electron chi connectivity index (χ4n) is 7.99. The van der Waals surface area contributed by atoms with Crippen LogP contribution in [0, 0.1) is 0 Å². The van der Waals surface area contributed by atoms with Crippen LogP contribution >= 0.6 is 0 Å². The van der Waals surface area contributed by atoms with Gasteiger partial charge in [-0.15, -0.1) is 0 Å². The molecule has 0 spiro atoms. The predicted molar refractivity (Wildman–Crippen MR) is 213 cm³/mol. The fourth-order valence-corrected chi connectivity index (χ4v) is 7.99. The molecule has 2 heteroatoms. The Hall–Kier alpha value is -3.78. The molecule has 2 nitrogen and oxygen atoms in total. The van der Waals surface area contributed by atoms with Crippen LogP contribution in [0.15, 0.2) is 72.8 Å². The molecule has 0 saturated heterocycles. The number of hydrogen-bond acceptors (Lipinski definition) is 2. The van der Waals surface area contributed by atoms with Crippen LogP contribution in [0.3, 0.4) is 0 Å². The third kappa shape index (κ3) is 6.87. The van der Waals surface area contributed by atoms with E-state index in [4.69, 9.17) is 0 Å². The van der Waals surface area contributed by atoms with E-state index in [1.807, 2.05) is 0 Å². The van der Waals surface area contributed by atoms with Crippen LogP contribution in [0.2, 0.25) is 0 Å². The van der Waals surface area contributed by atoms with Crippen molar-refractivity contribution in [2.24, 2.45) is 0 Å². The van der Waals surface area contributed by atoms with E-state index in [0.29, 0.717) is 35.8 Å². The van der Waals surface area contributed by atoms with Gasteiger partial charge in [0.1, 0.15) is 0 Å². The van der Waals surface area contributed by atoms with Crippen molar-refractivity contribution in [1.29, 1.82) is 0 Å². The molecule has 0 aliphatic carbocycles. The number of para-hydroxylation sites is 2. The van der Waals surface area contributed by atoms with E-state index in [2.05, 4.69) is 178 Å². The lowest BCUT2D eigenvalue weighted by Gasteiger charge is -2.35. The van der Waals surface area contributed by atoms with Crippen molar-refractivity contribution in [2.75, 3.05) is 9.80 Å². The number of fused-ring (bicyclic) bond motifs is 4. The van der Waals surface area contributed by atoms with Gasteiger partial charge < -0.3 is 9.80 Å². The molecule has 2 heterocycles. The largest absolute Gasteiger partial charge is 0.338 e. The van der Waals surface area contributed by atoms with Crippen molar-refractivity contribution >= 4 is 34.9 Å². The summed E-state index contributed by atoms with van der Waals surface area (Å²) in [6.45, 7) is 27.8. The molecule has 0 aromatic heterocycles. The highest BCUT2D eigenvalue weighted by Crippen LogP contribution is 2.46. The third-order valence-electron chi connectivity index (χ3n) is 10.1. The average Bonchev–Trinajstić information content (AvgIpc) is 3.32. The maximum Gasteiger partial charge on any atom is 0.0524 e. The molecular formula is C46H60N2. The van der Waals surface area contributed by atoms with Crippen molar-refractivity contribution in [1.82, 2.24) is 0 Å². The topological polar surface area (TPSA) is 6.48 Å². The van der Waals surface area contributed by atoms with Gasteiger partial charge in [-0.25, -0.2) is 0 Å². The lowest BCUT2D eigenvalue weighted by atomic mass is 9.86. The monoisotopic (exact) mass is 640 g/mol. The highest BCUT2D eigenvalue weighted by atomic mass is 15.2. The molecule has 6 rings (SSSR count). The number of rotatable bonds is 6. The SMILES string of the molecule is CC(C)c1ccc2c(c1C(C)C)N(C(C)C)c1ccccc1C=C2.CC(C)c1ccc2c(c1C(C)C)N(C(C)C)c1ccccc1CC2. The molecule has 2 aliphatic heterocycles. The van der Waals surface area contributed by atoms with Crippen molar-refractivity contribution in [3.8, 4) is 0 Å². The van der Waals surface area contributed by atoms with Crippen LogP contribution in [-0.2, 0) is 12.8 Å². The van der Waals surface area contributed by atoms with E-state index in [1.165, 1.54) is 61.7 Å². The van der Waals surface area contributed by atoms with Gasteiger partial charge in [0, 0.05) is 29.1 Å². The number of nitrogens with zero attached hydrogens (tertiary/aromatic N) is 2. The highest BCUT2D eigenvalue weighted by Gasteiger charge is 2.29. The summed E-state index contributed by atoms with van der Waals surface area (Å²) >= 11 is 0. The molecule has 0 N–H and O–H groups in total. The second-order valence-corrected chi connectivity index (χ2v) is 15.6. The normalized spacial score (nSPS) is 13.8. The van der Waals surface area contributed by atoms with Crippen LogP contribution in [-0.4, -0.2) is 12.1 Å². The van der Waals surface area contributed by atoms with E-state index < -0.39 is 0 Å². The summed E-state index contributed by atoms with van der Waals surface area (Å²) in [4.78, 5) is 5.13. The number of anilines is 4. The zero-order chi connectivity index (χ0) is 34.9. The second kappa shape index (κ2) is 14.8. The predicted octanol–water partition coefficient (Wildman–Crippen LogP) is 13.5. The van der Waals surface area contributed by atoms with Crippen LogP contribution in [0.25, 0.3) is 12.2 Å². The molecule has 4 aromatic carbocycles. The summed E-state index contributed by atoms with van der Waals surface area (Å²) in [6.07, 6.45) is 6.81. The van der Waals surface area contributed by atoms with Crippen molar-refractivity contribution in [3.05, 3.63) is 117 Å². The molecule has 254 valence electrons. The minimum atomic E-state index is 0.407. The van der Waals surface area contributed by atoms with Crippen LogP contribution in [0.4, 0.5) is 22.7 Å². The molecule has 48 heavy (non-hydrogen) atoms. The lowest BCUT2D eigenvalue weighted by Crippen LogP contribution is -2.28. The van der Waals surface area contributed by atoms with E-state index in [0.717, 1.165) is 12.8 Å². The first-order chi connectivity index (χ1) is 22.8. The Morgan fingerprint density at radius 2 is 0.896 bits per heavy atom. The van der Waals surface area contributed by atoms with Gasteiger partial charge in [0.05, 0.1) is 5.69 Å². The molecule has 4 aromatic rings. The molecular weight excluding hydrogens is 581 g/mol. The maximum atomic E-state index is 2.60. The highest BCUT2D eigenvalue weighted by molar-refractivity contribution is 5.91. The number of hydrogen-bond donors (Lipinski definition) is 0. The van der Waals surface area contributed by atoms with Crippen LogP contribution < -0.4 is 9.80 Å². The summed E-state index contributed by atoms with van der Waals surface area (Å²) in [5.74, 6) is 2.12. The van der Waals surface area contributed by atoms with Crippen LogP contribution in [0.1, 0.15) is 151 Å². The third-order valence-corrected chi connectivity index (χ3v) is 10.1. The Kier molecular flexibility index (Phi) is 10.9. The molecule has 2 aliphatic rings. The van der Waals surface area contributed by atoms with Gasteiger partial charge in [-0.1, -0.05) is 128 Å². The van der Waals surface area contributed by atoms with Crippen molar-refractivity contribution < 1.29 is 0 Å². The molecule has 0 atom stereocenters. The number of aryl methyl sites for hydroxylation is 2. The minimum absolute atomic E-state index is 0.407.